The number of hydrogen-bond donors (Lipinski definition) is 1. The van der Waals surface area contributed by atoms with Crippen molar-refractivity contribution in [1.82, 2.24) is 29.8 Å². The molecule has 5 heterocycles. The summed E-state index contributed by atoms with van der Waals surface area (Å²) in [5.74, 6) is -0.790. The number of nitrogens with one attached hydrogen (secondary N) is 1. The average Bonchev–Trinajstić information content (AvgIpc) is 3.44. The van der Waals surface area contributed by atoms with Crippen molar-refractivity contribution in [2.24, 2.45) is 0 Å². The maximum Gasteiger partial charge on any atom is 0.319 e. The van der Waals surface area contributed by atoms with Crippen LogP contribution in [0.1, 0.15) is 47.4 Å². The minimum absolute atomic E-state index is 0.106. The van der Waals surface area contributed by atoms with E-state index >= 15 is 0 Å². The van der Waals surface area contributed by atoms with Crippen molar-refractivity contribution < 1.29 is 22.0 Å². The molecule has 0 bridgehead atoms. The van der Waals surface area contributed by atoms with Gasteiger partial charge in [-0.2, -0.15) is 13.9 Å². The lowest BCUT2D eigenvalue weighted by Crippen LogP contribution is -2.36. The lowest BCUT2D eigenvalue weighted by molar-refractivity contribution is 0.115. The van der Waals surface area contributed by atoms with Crippen LogP contribution < -0.4 is 4.90 Å². The number of anilines is 1. The van der Waals surface area contributed by atoms with Gasteiger partial charge in [0.25, 0.3) is 12.3 Å². The Morgan fingerprint density at radius 2 is 2.03 bits per heavy atom. The molecule has 0 aliphatic carbocycles. The number of hydrogen-bond acceptors (Lipinski definition) is 6. The van der Waals surface area contributed by atoms with Crippen LogP contribution in [0.4, 0.5) is 23.6 Å². The van der Waals surface area contributed by atoms with Crippen molar-refractivity contribution in [2.45, 2.75) is 25.3 Å². The molecule has 0 saturated heterocycles. The molecule has 1 aliphatic rings. The molecule has 4 aromatic heterocycles. The molecule has 0 fully saturated rings. The van der Waals surface area contributed by atoms with Gasteiger partial charge in [-0.25, -0.2) is 18.3 Å². The van der Waals surface area contributed by atoms with Crippen LogP contribution in [0, 0.1) is 0 Å². The number of imidazole rings is 1. The molecule has 0 radical (unpaired) electrons. The van der Waals surface area contributed by atoms with Crippen molar-refractivity contribution in [3.05, 3.63) is 59.3 Å². The highest BCUT2D eigenvalue weighted by Gasteiger charge is 2.36. The third-order valence-corrected chi connectivity index (χ3v) is 4.86. The summed E-state index contributed by atoms with van der Waals surface area (Å²) in [4.78, 5) is 8.97. The lowest BCUT2D eigenvalue weighted by Gasteiger charge is -2.32. The van der Waals surface area contributed by atoms with Crippen LogP contribution in [0.15, 0.2) is 35.1 Å². The van der Waals surface area contributed by atoms with Crippen LogP contribution in [0.2, 0.25) is 0 Å². The number of aromatic nitrogens is 6. The predicted molar refractivity (Wildman–Crippen MR) is 90.9 cm³/mol. The maximum atomic E-state index is 13.4. The molecule has 5 rings (SSSR count). The molecule has 1 atom stereocenters. The van der Waals surface area contributed by atoms with Gasteiger partial charge in [0, 0.05) is 30.4 Å². The number of aromatic amines is 1. The molecule has 12 heteroatoms. The predicted octanol–water partition coefficient (Wildman–Crippen LogP) is 3.47. The Balaban J connectivity index is 1.65. The molecule has 0 saturated carbocycles. The maximum absolute atomic E-state index is 13.4. The van der Waals surface area contributed by atoms with Crippen LogP contribution in [0.25, 0.3) is 5.52 Å². The minimum atomic E-state index is -2.90. The zero-order valence-electron chi connectivity index (χ0n) is 14.6. The zero-order chi connectivity index (χ0) is 20.1. The van der Waals surface area contributed by atoms with E-state index in [1.54, 1.807) is 11.1 Å². The Morgan fingerprint density at radius 1 is 1.17 bits per heavy atom. The van der Waals surface area contributed by atoms with Gasteiger partial charge in [-0.3, -0.25) is 0 Å². The summed E-state index contributed by atoms with van der Waals surface area (Å²) >= 11 is 0. The SMILES string of the molecule is FC(F)c1nnc(N2CCc3[nH]cnc3C2c2cc3c(C(F)F)cccn3n2)o1. The number of H-pyrrole nitrogens is 1. The lowest BCUT2D eigenvalue weighted by atomic mass is 10.00. The third-order valence-electron chi connectivity index (χ3n) is 4.86. The molecular formula is C17H13F4N7O. The summed E-state index contributed by atoms with van der Waals surface area (Å²) in [6.07, 6.45) is -1.96. The molecule has 1 N–H and O–H groups in total. The van der Waals surface area contributed by atoms with Crippen molar-refractivity contribution in [3.8, 4) is 0 Å². The van der Waals surface area contributed by atoms with Crippen LogP contribution in [0.5, 0.6) is 0 Å². The quantitative estimate of drug-likeness (QED) is 0.521. The van der Waals surface area contributed by atoms with Gasteiger partial charge in [0.15, 0.2) is 0 Å². The van der Waals surface area contributed by atoms with Gasteiger partial charge < -0.3 is 14.3 Å². The van der Waals surface area contributed by atoms with Crippen LogP contribution in [-0.2, 0) is 6.42 Å². The van der Waals surface area contributed by atoms with Crippen LogP contribution >= 0.6 is 0 Å². The van der Waals surface area contributed by atoms with Crippen molar-refractivity contribution in [3.63, 3.8) is 0 Å². The molecule has 8 nitrogen and oxygen atoms in total. The Labute approximate surface area is 160 Å². The molecule has 4 aromatic rings. The monoisotopic (exact) mass is 407 g/mol. The normalized spacial score (nSPS) is 16.9. The van der Waals surface area contributed by atoms with E-state index < -0.39 is 24.8 Å². The largest absolute Gasteiger partial charge is 0.402 e. The third kappa shape index (κ3) is 2.82. The first kappa shape index (κ1) is 17.6. The first-order chi connectivity index (χ1) is 14.0. The first-order valence-corrected chi connectivity index (χ1v) is 8.69. The Hall–Kier alpha value is -3.44. The number of rotatable bonds is 4. The fourth-order valence-corrected chi connectivity index (χ4v) is 3.59. The second-order valence-corrected chi connectivity index (χ2v) is 6.50. The average molecular weight is 407 g/mol. The van der Waals surface area contributed by atoms with Gasteiger partial charge in [-0.05, 0) is 18.2 Å². The smallest absolute Gasteiger partial charge is 0.319 e. The van der Waals surface area contributed by atoms with E-state index in [1.165, 1.54) is 29.0 Å². The second kappa shape index (κ2) is 6.57. The Kier molecular flexibility index (Phi) is 4.00. The zero-order valence-corrected chi connectivity index (χ0v) is 14.6. The minimum Gasteiger partial charge on any atom is -0.402 e. The highest BCUT2D eigenvalue weighted by molar-refractivity contribution is 5.58. The fraction of sp³-hybridized carbons (Fsp3) is 0.294. The van der Waals surface area contributed by atoms with Gasteiger partial charge in [-0.1, -0.05) is 5.10 Å². The molecule has 0 amide bonds. The van der Waals surface area contributed by atoms with Gasteiger partial charge in [0.1, 0.15) is 6.04 Å². The van der Waals surface area contributed by atoms with E-state index in [4.69, 9.17) is 4.42 Å². The molecule has 1 unspecified atom stereocenters. The Morgan fingerprint density at radius 3 is 2.79 bits per heavy atom. The second-order valence-electron chi connectivity index (χ2n) is 6.50. The van der Waals surface area contributed by atoms with Crippen molar-refractivity contribution in [1.29, 1.82) is 0 Å². The van der Waals surface area contributed by atoms with Crippen molar-refractivity contribution >= 4 is 11.5 Å². The molecule has 150 valence electrons. The molecule has 1 aliphatic heterocycles. The van der Waals surface area contributed by atoms with E-state index in [9.17, 15) is 17.6 Å². The van der Waals surface area contributed by atoms with Gasteiger partial charge in [0.2, 0.25) is 0 Å². The number of nitrogens with zero attached hydrogens (tertiary/aromatic N) is 6. The molecule has 29 heavy (non-hydrogen) atoms. The summed E-state index contributed by atoms with van der Waals surface area (Å²) in [5, 5.41) is 11.5. The standard InChI is InChI=1S/C17H13F4N7O/c18-14(19)8-2-1-4-28-11(8)6-10(26-28)13-12-9(22-7-23-12)3-5-27(13)17-25-24-16(29-17)15(20)21/h1-2,4,6-7,13-15H,3,5H2,(H,22,23). The Bertz CT molecular complexity index is 1170. The summed E-state index contributed by atoms with van der Waals surface area (Å²) in [7, 11) is 0. The van der Waals surface area contributed by atoms with E-state index in [2.05, 4.69) is 25.3 Å². The highest BCUT2D eigenvalue weighted by atomic mass is 19.3. The van der Waals surface area contributed by atoms with Crippen LogP contribution in [0.3, 0.4) is 0 Å². The van der Waals surface area contributed by atoms with Crippen LogP contribution in [-0.4, -0.2) is 36.3 Å². The van der Waals surface area contributed by atoms with Gasteiger partial charge >= 0.3 is 12.4 Å². The topological polar surface area (TPSA) is 88.1 Å². The first-order valence-electron chi connectivity index (χ1n) is 8.69. The molecule has 0 aromatic carbocycles. The van der Waals surface area contributed by atoms with Gasteiger partial charge in [-0.15, -0.1) is 5.10 Å². The summed E-state index contributed by atoms with van der Waals surface area (Å²) in [6, 6.07) is 3.58. The number of fused-ring (bicyclic) bond motifs is 2. The summed E-state index contributed by atoms with van der Waals surface area (Å²) in [5.41, 5.74) is 1.93. The van der Waals surface area contributed by atoms with E-state index in [0.29, 0.717) is 24.4 Å². The molecular weight excluding hydrogens is 394 g/mol. The van der Waals surface area contributed by atoms with E-state index in [1.807, 2.05) is 0 Å². The van der Waals surface area contributed by atoms with E-state index in [0.717, 1.165) is 5.69 Å². The summed E-state index contributed by atoms with van der Waals surface area (Å²) < 4.78 is 59.0. The highest BCUT2D eigenvalue weighted by Crippen LogP contribution is 2.37. The molecule has 0 spiro atoms. The number of pyridine rings is 1. The number of alkyl halides is 4. The van der Waals surface area contributed by atoms with Crippen molar-refractivity contribution in [2.75, 3.05) is 11.4 Å². The summed E-state index contributed by atoms with van der Waals surface area (Å²) in [6.45, 7) is 0.361. The fourth-order valence-electron chi connectivity index (χ4n) is 3.59. The van der Waals surface area contributed by atoms with Gasteiger partial charge in [0.05, 0.1) is 23.2 Å². The van der Waals surface area contributed by atoms with E-state index in [-0.39, 0.29) is 17.1 Å². The number of halogens is 4.